The van der Waals surface area contributed by atoms with Crippen LogP contribution in [0, 0.1) is 0 Å². The Hall–Kier alpha value is -0.660. The Labute approximate surface area is 130 Å². The molecule has 2 rings (SSSR count). The second-order valence-corrected chi connectivity index (χ2v) is 7.31. The van der Waals surface area contributed by atoms with E-state index in [-0.39, 0.29) is 17.5 Å². The van der Waals surface area contributed by atoms with Crippen LogP contribution in [0.15, 0.2) is 23.1 Å². The van der Waals surface area contributed by atoms with E-state index >= 15 is 0 Å². The molecule has 0 saturated carbocycles. The van der Waals surface area contributed by atoms with Crippen LogP contribution in [0.2, 0.25) is 5.02 Å². The predicted octanol–water partition coefficient (Wildman–Crippen LogP) is 2.04. The van der Waals surface area contributed by atoms with Crippen molar-refractivity contribution in [2.75, 3.05) is 13.2 Å². The number of nitrogens with two attached hydrogens (primary N) is 1. The van der Waals surface area contributed by atoms with E-state index in [1.54, 1.807) is 6.07 Å². The maximum Gasteiger partial charge on any atom is 0.240 e. The summed E-state index contributed by atoms with van der Waals surface area (Å²) in [5.74, 6) is 0. The lowest BCUT2D eigenvalue weighted by atomic mass is 10.1. The molecule has 1 saturated heterocycles. The Morgan fingerprint density at radius 3 is 2.81 bits per heavy atom. The van der Waals surface area contributed by atoms with E-state index in [4.69, 9.17) is 22.1 Å². The lowest BCUT2D eigenvalue weighted by molar-refractivity contribution is 0.0123. The molecule has 0 spiro atoms. The summed E-state index contributed by atoms with van der Waals surface area (Å²) in [5, 5.41) is 0.371. The van der Waals surface area contributed by atoms with Gasteiger partial charge in [0.2, 0.25) is 10.0 Å². The van der Waals surface area contributed by atoms with Crippen LogP contribution in [0.1, 0.15) is 31.2 Å². The van der Waals surface area contributed by atoms with Gasteiger partial charge in [0, 0.05) is 24.7 Å². The predicted molar refractivity (Wildman–Crippen MR) is 82.7 cm³/mol. The first-order valence-corrected chi connectivity index (χ1v) is 8.99. The fourth-order valence-electron chi connectivity index (χ4n) is 2.33. The van der Waals surface area contributed by atoms with Crippen molar-refractivity contribution in [3.63, 3.8) is 0 Å². The molecule has 1 aromatic rings. The van der Waals surface area contributed by atoms with E-state index in [1.807, 2.05) is 0 Å². The first-order chi connectivity index (χ1) is 10.0. The highest BCUT2D eigenvalue weighted by molar-refractivity contribution is 7.89. The number of halogens is 1. The van der Waals surface area contributed by atoms with Crippen molar-refractivity contribution in [1.29, 1.82) is 0 Å². The largest absolute Gasteiger partial charge is 0.378 e. The second kappa shape index (κ2) is 7.56. The van der Waals surface area contributed by atoms with Crippen LogP contribution >= 0.6 is 11.6 Å². The molecule has 5 nitrogen and oxygen atoms in total. The number of sulfonamides is 1. The topological polar surface area (TPSA) is 81.4 Å². The molecule has 1 unspecified atom stereocenters. The third-order valence-corrected chi connectivity index (χ3v) is 5.40. The highest BCUT2D eigenvalue weighted by atomic mass is 35.5. The van der Waals surface area contributed by atoms with Crippen LogP contribution in [0.25, 0.3) is 0 Å². The molecule has 1 atom stereocenters. The Morgan fingerprint density at radius 1 is 1.38 bits per heavy atom. The first kappa shape index (κ1) is 16.7. The van der Waals surface area contributed by atoms with Crippen LogP contribution in [0.3, 0.4) is 0 Å². The van der Waals surface area contributed by atoms with E-state index in [0.717, 1.165) is 31.4 Å². The minimum absolute atomic E-state index is 0.157. The maximum absolute atomic E-state index is 12.2. The number of ether oxygens (including phenoxy) is 1. The molecule has 1 heterocycles. The number of benzene rings is 1. The third kappa shape index (κ3) is 4.66. The van der Waals surface area contributed by atoms with Gasteiger partial charge in [0.05, 0.1) is 11.0 Å². The highest BCUT2D eigenvalue weighted by Gasteiger charge is 2.18. The summed E-state index contributed by atoms with van der Waals surface area (Å²) >= 11 is 6.00. The molecular weight excluding hydrogens is 312 g/mol. The van der Waals surface area contributed by atoms with Gasteiger partial charge in [0.25, 0.3) is 0 Å². The van der Waals surface area contributed by atoms with Crippen molar-refractivity contribution in [2.24, 2.45) is 5.73 Å². The summed E-state index contributed by atoms with van der Waals surface area (Å²) in [7, 11) is -3.54. The molecule has 1 fully saturated rings. The van der Waals surface area contributed by atoms with Gasteiger partial charge in [0.1, 0.15) is 0 Å². The van der Waals surface area contributed by atoms with Crippen LogP contribution < -0.4 is 10.5 Å². The number of hydrogen-bond donors (Lipinski definition) is 2. The number of hydrogen-bond acceptors (Lipinski definition) is 4. The van der Waals surface area contributed by atoms with E-state index < -0.39 is 10.0 Å². The van der Waals surface area contributed by atoms with Gasteiger partial charge in [-0.05, 0) is 43.4 Å². The molecule has 0 aliphatic carbocycles. The lowest BCUT2D eigenvalue weighted by Crippen LogP contribution is -2.29. The quantitative estimate of drug-likeness (QED) is 0.835. The average molecular weight is 333 g/mol. The summed E-state index contributed by atoms with van der Waals surface area (Å²) in [6, 6.07) is 4.60. The van der Waals surface area contributed by atoms with Gasteiger partial charge < -0.3 is 10.5 Å². The van der Waals surface area contributed by atoms with E-state index in [2.05, 4.69) is 4.72 Å². The fourth-order valence-corrected chi connectivity index (χ4v) is 3.73. The van der Waals surface area contributed by atoms with Crippen molar-refractivity contribution in [3.8, 4) is 0 Å². The Bertz CT molecular complexity index is 572. The molecule has 21 heavy (non-hydrogen) atoms. The third-order valence-electron chi connectivity index (χ3n) is 3.59. The zero-order valence-electron chi connectivity index (χ0n) is 11.8. The van der Waals surface area contributed by atoms with Gasteiger partial charge in [-0.25, -0.2) is 13.1 Å². The zero-order valence-corrected chi connectivity index (χ0v) is 13.4. The van der Waals surface area contributed by atoms with Crippen LogP contribution in [-0.4, -0.2) is 27.7 Å². The molecule has 1 aliphatic rings. The summed E-state index contributed by atoms with van der Waals surface area (Å²) in [6.45, 7) is 1.42. The van der Waals surface area contributed by atoms with Crippen molar-refractivity contribution in [1.82, 2.24) is 4.72 Å². The SMILES string of the molecule is NCc1ccc(S(=O)(=O)NCCC2CCCCO2)cc1Cl. The monoisotopic (exact) mass is 332 g/mol. The summed E-state index contributed by atoms with van der Waals surface area (Å²) in [4.78, 5) is 0.161. The molecule has 3 N–H and O–H groups in total. The van der Waals surface area contributed by atoms with Crippen LogP contribution in [0.4, 0.5) is 0 Å². The normalized spacial score (nSPS) is 19.6. The van der Waals surface area contributed by atoms with Gasteiger partial charge in [-0.1, -0.05) is 17.7 Å². The van der Waals surface area contributed by atoms with E-state index in [0.29, 0.717) is 18.0 Å². The summed E-state index contributed by atoms with van der Waals surface area (Å²) in [6.07, 6.45) is 4.08. The van der Waals surface area contributed by atoms with Gasteiger partial charge in [0.15, 0.2) is 0 Å². The Kier molecular flexibility index (Phi) is 6.01. The van der Waals surface area contributed by atoms with Crippen molar-refractivity contribution in [3.05, 3.63) is 28.8 Å². The fraction of sp³-hybridized carbons (Fsp3) is 0.571. The minimum atomic E-state index is -3.54. The molecule has 1 aromatic carbocycles. The molecule has 0 radical (unpaired) electrons. The average Bonchev–Trinajstić information content (AvgIpc) is 2.48. The molecule has 1 aliphatic heterocycles. The standard InChI is InChI=1S/C14H21ClN2O3S/c15-14-9-13(5-4-11(14)10-16)21(18,19)17-7-6-12-3-1-2-8-20-12/h4-5,9,12,17H,1-3,6-8,10,16H2. The van der Waals surface area contributed by atoms with Gasteiger partial charge in [-0.2, -0.15) is 0 Å². The van der Waals surface area contributed by atoms with Gasteiger partial charge in [-0.3, -0.25) is 0 Å². The Morgan fingerprint density at radius 2 is 2.19 bits per heavy atom. The zero-order chi connectivity index (χ0) is 15.3. The van der Waals surface area contributed by atoms with Crippen molar-refractivity contribution >= 4 is 21.6 Å². The molecular formula is C14H21ClN2O3S. The summed E-state index contributed by atoms with van der Waals surface area (Å²) < 4.78 is 32.5. The lowest BCUT2D eigenvalue weighted by Gasteiger charge is -2.22. The second-order valence-electron chi connectivity index (χ2n) is 5.13. The van der Waals surface area contributed by atoms with E-state index in [9.17, 15) is 8.42 Å². The molecule has 118 valence electrons. The van der Waals surface area contributed by atoms with Crippen LogP contribution in [-0.2, 0) is 21.3 Å². The van der Waals surface area contributed by atoms with E-state index in [1.165, 1.54) is 12.1 Å². The number of nitrogens with one attached hydrogen (secondary N) is 1. The summed E-state index contributed by atoms with van der Waals surface area (Å²) in [5.41, 5.74) is 6.24. The van der Waals surface area contributed by atoms with Crippen molar-refractivity contribution in [2.45, 2.75) is 43.2 Å². The molecule has 0 aromatic heterocycles. The highest BCUT2D eigenvalue weighted by Crippen LogP contribution is 2.21. The molecule has 7 heteroatoms. The smallest absolute Gasteiger partial charge is 0.240 e. The van der Waals surface area contributed by atoms with Gasteiger partial charge in [-0.15, -0.1) is 0 Å². The van der Waals surface area contributed by atoms with Crippen molar-refractivity contribution < 1.29 is 13.2 Å². The molecule has 0 bridgehead atoms. The number of rotatable bonds is 6. The first-order valence-electron chi connectivity index (χ1n) is 7.12. The Balaban J connectivity index is 1.93. The van der Waals surface area contributed by atoms with Gasteiger partial charge >= 0.3 is 0 Å². The molecule has 0 amide bonds. The van der Waals surface area contributed by atoms with Crippen LogP contribution in [0.5, 0.6) is 0 Å². The minimum Gasteiger partial charge on any atom is -0.378 e. The maximum atomic E-state index is 12.2.